The Balaban J connectivity index is 1.54. The molecule has 0 radical (unpaired) electrons. The maximum atomic E-state index is 12.1. The number of nitrogen functional groups attached to an aromatic ring is 1. The Bertz CT molecular complexity index is 928. The van der Waals surface area contributed by atoms with Crippen LogP contribution in [-0.4, -0.2) is 11.7 Å². The summed E-state index contributed by atoms with van der Waals surface area (Å²) < 4.78 is 0. The molecule has 0 saturated carbocycles. The number of nitrogens with two attached hydrogens (primary N) is 1. The summed E-state index contributed by atoms with van der Waals surface area (Å²) in [6.07, 6.45) is 0.352. The van der Waals surface area contributed by atoms with Gasteiger partial charge in [-0.25, -0.2) is 0 Å². The average molecular weight is 358 g/mol. The molecule has 4 nitrogen and oxygen atoms in total. The number of Topliss-reactive ketones (excluding diaryl/α,β-unsaturated/α-hetero) is 1. The minimum absolute atomic E-state index is 0.0242. The van der Waals surface area contributed by atoms with Crippen molar-refractivity contribution >= 4 is 23.1 Å². The predicted octanol–water partition coefficient (Wildman–Crippen LogP) is 4.85. The van der Waals surface area contributed by atoms with Gasteiger partial charge in [0.1, 0.15) is 0 Å². The monoisotopic (exact) mass is 358 g/mol. The molecule has 0 aromatic heterocycles. The molecule has 0 aliphatic carbocycles. The highest BCUT2D eigenvalue weighted by Gasteiger charge is 2.09. The number of hydrogen-bond donors (Lipinski definition) is 2. The fourth-order valence-electron chi connectivity index (χ4n) is 2.76. The Labute approximate surface area is 159 Å². The lowest BCUT2D eigenvalue weighted by Gasteiger charge is -2.07. The number of benzene rings is 3. The molecule has 0 unspecified atom stereocenters. The average Bonchev–Trinajstić information content (AvgIpc) is 2.68. The van der Waals surface area contributed by atoms with Crippen molar-refractivity contribution in [3.63, 3.8) is 0 Å². The van der Waals surface area contributed by atoms with Crippen molar-refractivity contribution in [2.45, 2.75) is 19.8 Å². The van der Waals surface area contributed by atoms with Gasteiger partial charge in [-0.15, -0.1) is 0 Å². The first-order chi connectivity index (χ1) is 13.0. The van der Waals surface area contributed by atoms with Gasteiger partial charge in [0.25, 0.3) is 0 Å². The van der Waals surface area contributed by atoms with Crippen LogP contribution in [0.5, 0.6) is 0 Å². The van der Waals surface area contributed by atoms with Crippen LogP contribution in [0, 0.1) is 6.92 Å². The van der Waals surface area contributed by atoms with Gasteiger partial charge in [0.15, 0.2) is 5.78 Å². The minimum Gasteiger partial charge on any atom is -0.399 e. The Morgan fingerprint density at radius 2 is 1.33 bits per heavy atom. The third-order valence-electron chi connectivity index (χ3n) is 4.37. The summed E-state index contributed by atoms with van der Waals surface area (Å²) in [6.45, 7) is 1.97. The number of amides is 1. The molecule has 0 aliphatic heterocycles. The minimum atomic E-state index is -0.171. The van der Waals surface area contributed by atoms with Crippen molar-refractivity contribution in [1.82, 2.24) is 0 Å². The number of anilines is 2. The van der Waals surface area contributed by atoms with E-state index in [1.165, 1.54) is 0 Å². The fourth-order valence-corrected chi connectivity index (χ4v) is 2.76. The molecule has 1 amide bonds. The fraction of sp³-hybridized carbons (Fsp3) is 0.130. The van der Waals surface area contributed by atoms with Crippen molar-refractivity contribution in [3.8, 4) is 11.1 Å². The van der Waals surface area contributed by atoms with Crippen LogP contribution >= 0.6 is 0 Å². The summed E-state index contributed by atoms with van der Waals surface area (Å²) in [4.78, 5) is 24.3. The van der Waals surface area contributed by atoms with E-state index in [4.69, 9.17) is 5.73 Å². The summed E-state index contributed by atoms with van der Waals surface area (Å²) in [5.74, 6) is -0.195. The Morgan fingerprint density at radius 3 is 1.93 bits per heavy atom. The molecule has 0 spiro atoms. The van der Waals surface area contributed by atoms with Gasteiger partial charge in [0.2, 0.25) is 5.91 Å². The predicted molar refractivity (Wildman–Crippen MR) is 110 cm³/mol. The number of carbonyl (C=O) groups is 2. The number of hydrogen-bond acceptors (Lipinski definition) is 3. The Morgan fingerprint density at radius 1 is 0.778 bits per heavy atom. The molecule has 136 valence electrons. The Hall–Kier alpha value is -3.40. The lowest BCUT2D eigenvalue weighted by Crippen LogP contribution is -2.13. The second-order valence-corrected chi connectivity index (χ2v) is 6.54. The van der Waals surface area contributed by atoms with Gasteiger partial charge in [-0.3, -0.25) is 9.59 Å². The molecule has 3 aromatic carbocycles. The summed E-state index contributed by atoms with van der Waals surface area (Å²) in [6, 6.07) is 22.6. The molecule has 0 aliphatic rings. The zero-order valence-corrected chi connectivity index (χ0v) is 15.2. The van der Waals surface area contributed by atoms with Gasteiger partial charge in [-0.2, -0.15) is 0 Å². The molecule has 3 N–H and O–H groups in total. The van der Waals surface area contributed by atoms with Crippen LogP contribution in [0.3, 0.4) is 0 Å². The van der Waals surface area contributed by atoms with E-state index in [0.717, 1.165) is 22.4 Å². The summed E-state index contributed by atoms with van der Waals surface area (Å²) in [5.41, 5.74) is 11.0. The smallest absolute Gasteiger partial charge is 0.224 e. The molecule has 0 bridgehead atoms. The van der Waals surface area contributed by atoms with Crippen molar-refractivity contribution in [2.75, 3.05) is 11.1 Å². The summed E-state index contributed by atoms with van der Waals surface area (Å²) in [5, 5.41) is 2.83. The van der Waals surface area contributed by atoms with Gasteiger partial charge in [0.05, 0.1) is 0 Å². The van der Waals surface area contributed by atoms with E-state index >= 15 is 0 Å². The first kappa shape index (κ1) is 18.4. The van der Waals surface area contributed by atoms with Crippen LogP contribution in [0.2, 0.25) is 0 Å². The van der Waals surface area contributed by atoms with Crippen LogP contribution in [-0.2, 0) is 4.79 Å². The number of carbonyl (C=O) groups excluding carboxylic acids is 2. The van der Waals surface area contributed by atoms with E-state index in [9.17, 15) is 9.59 Å². The van der Waals surface area contributed by atoms with E-state index in [2.05, 4.69) is 5.32 Å². The van der Waals surface area contributed by atoms with Crippen LogP contribution in [0.1, 0.15) is 28.8 Å². The van der Waals surface area contributed by atoms with Gasteiger partial charge in [-0.05, 0) is 42.3 Å². The van der Waals surface area contributed by atoms with E-state index in [1.54, 1.807) is 12.1 Å². The first-order valence-electron chi connectivity index (χ1n) is 8.87. The van der Waals surface area contributed by atoms with Crippen LogP contribution in [0.4, 0.5) is 11.4 Å². The highest BCUT2D eigenvalue weighted by atomic mass is 16.2. The quantitative estimate of drug-likeness (QED) is 0.489. The number of ketones is 1. The standard InChI is InChI=1S/C23H22N2O2/c1-16-2-4-19(5-3-16)22(26)14-15-23(27)25-21-12-8-18(9-13-21)17-6-10-20(24)11-7-17/h2-13H,14-15,24H2,1H3,(H,25,27). The SMILES string of the molecule is Cc1ccc(C(=O)CCC(=O)Nc2ccc(-c3ccc(N)cc3)cc2)cc1. The molecular formula is C23H22N2O2. The molecule has 4 heteroatoms. The molecule has 0 saturated heterocycles. The third-order valence-corrected chi connectivity index (χ3v) is 4.37. The largest absolute Gasteiger partial charge is 0.399 e. The van der Waals surface area contributed by atoms with Crippen LogP contribution in [0.25, 0.3) is 11.1 Å². The second kappa shape index (κ2) is 8.32. The molecular weight excluding hydrogens is 336 g/mol. The molecule has 3 aromatic rings. The van der Waals surface area contributed by atoms with E-state index in [0.29, 0.717) is 11.3 Å². The van der Waals surface area contributed by atoms with E-state index < -0.39 is 0 Å². The van der Waals surface area contributed by atoms with Crippen LogP contribution < -0.4 is 11.1 Å². The lowest BCUT2D eigenvalue weighted by atomic mass is 10.0. The van der Waals surface area contributed by atoms with Gasteiger partial charge in [0, 0.05) is 29.8 Å². The maximum absolute atomic E-state index is 12.1. The van der Waals surface area contributed by atoms with Gasteiger partial charge in [-0.1, -0.05) is 54.1 Å². The molecule has 0 heterocycles. The summed E-state index contributed by atoms with van der Waals surface area (Å²) >= 11 is 0. The zero-order valence-electron chi connectivity index (χ0n) is 15.2. The van der Waals surface area contributed by atoms with E-state index in [1.807, 2.05) is 67.6 Å². The highest BCUT2D eigenvalue weighted by Crippen LogP contribution is 2.22. The number of rotatable bonds is 6. The molecule has 0 fully saturated rings. The maximum Gasteiger partial charge on any atom is 0.224 e. The molecule has 3 rings (SSSR count). The van der Waals surface area contributed by atoms with Crippen molar-refractivity contribution in [2.24, 2.45) is 0 Å². The lowest BCUT2D eigenvalue weighted by molar-refractivity contribution is -0.116. The van der Waals surface area contributed by atoms with Crippen LogP contribution in [0.15, 0.2) is 72.8 Å². The second-order valence-electron chi connectivity index (χ2n) is 6.54. The van der Waals surface area contributed by atoms with Gasteiger partial charge >= 0.3 is 0 Å². The number of nitrogens with one attached hydrogen (secondary N) is 1. The van der Waals surface area contributed by atoms with Crippen molar-refractivity contribution in [1.29, 1.82) is 0 Å². The van der Waals surface area contributed by atoms with E-state index in [-0.39, 0.29) is 24.5 Å². The summed E-state index contributed by atoms with van der Waals surface area (Å²) in [7, 11) is 0. The topological polar surface area (TPSA) is 72.2 Å². The normalized spacial score (nSPS) is 10.4. The van der Waals surface area contributed by atoms with Gasteiger partial charge < -0.3 is 11.1 Å². The van der Waals surface area contributed by atoms with Crippen molar-refractivity contribution < 1.29 is 9.59 Å². The highest BCUT2D eigenvalue weighted by molar-refractivity contribution is 6.00. The van der Waals surface area contributed by atoms with Crippen molar-refractivity contribution in [3.05, 3.63) is 83.9 Å². The first-order valence-corrected chi connectivity index (χ1v) is 8.87. The molecule has 0 atom stereocenters. The Kier molecular flexibility index (Phi) is 5.67. The zero-order chi connectivity index (χ0) is 19.2. The number of aryl methyl sites for hydroxylation is 1. The third kappa shape index (κ3) is 5.05. The molecule has 27 heavy (non-hydrogen) atoms.